The molecule has 0 atom stereocenters. The van der Waals surface area contributed by atoms with Crippen LogP contribution in [0.3, 0.4) is 0 Å². The number of hydrogen-bond donors (Lipinski definition) is 2. The number of nitrogens with zero attached hydrogens (tertiary/aromatic N) is 3. The van der Waals surface area contributed by atoms with Gasteiger partial charge in [-0.05, 0) is 41.6 Å². The van der Waals surface area contributed by atoms with Gasteiger partial charge >= 0.3 is 0 Å². The largest absolute Gasteiger partial charge is 0.330 e. The summed E-state index contributed by atoms with van der Waals surface area (Å²) in [6.45, 7) is 4.13. The molecule has 0 amide bonds. The summed E-state index contributed by atoms with van der Waals surface area (Å²) < 4.78 is 1.09. The summed E-state index contributed by atoms with van der Waals surface area (Å²) in [5, 5.41) is 22.6. The third kappa shape index (κ3) is 3.71. The monoisotopic (exact) mass is 433 g/mol. The Morgan fingerprint density at radius 2 is 1.97 bits per heavy atom. The highest BCUT2D eigenvalue weighted by atomic mass is 32.1. The molecule has 0 radical (unpaired) electrons. The van der Waals surface area contributed by atoms with Crippen LogP contribution in [0.4, 0.5) is 10.8 Å². The lowest BCUT2D eigenvalue weighted by molar-refractivity contribution is 0.0972. The number of carbonyl (C=O) groups excluding carboxylic acids is 1. The molecule has 0 aliphatic rings. The van der Waals surface area contributed by atoms with Crippen LogP contribution in [0.15, 0.2) is 48.7 Å². The fourth-order valence-corrected chi connectivity index (χ4v) is 5.12. The molecule has 3 aromatic heterocycles. The summed E-state index contributed by atoms with van der Waals surface area (Å²) in [4.78, 5) is 13.2. The smallest absolute Gasteiger partial charge is 0.210 e. The van der Waals surface area contributed by atoms with Gasteiger partial charge in [-0.25, -0.2) is 0 Å². The molecular weight excluding hydrogens is 414 g/mol. The Hall–Kier alpha value is -3.10. The first kappa shape index (κ1) is 18.9. The number of rotatable bonds is 6. The highest BCUT2D eigenvalue weighted by Gasteiger charge is 2.14. The minimum atomic E-state index is 0.213. The van der Waals surface area contributed by atoms with E-state index >= 15 is 0 Å². The number of fused-ring (bicyclic) bond motifs is 2. The number of aromatic nitrogens is 4. The molecule has 0 aliphatic carbocycles. The molecule has 30 heavy (non-hydrogen) atoms. The fourth-order valence-electron chi connectivity index (χ4n) is 3.31. The average molecular weight is 434 g/mol. The minimum Gasteiger partial charge on any atom is -0.330 e. The van der Waals surface area contributed by atoms with E-state index in [-0.39, 0.29) is 5.78 Å². The summed E-state index contributed by atoms with van der Waals surface area (Å²) in [6.07, 6.45) is 2.37. The average Bonchev–Trinajstić information content (AvgIpc) is 3.45. The maximum Gasteiger partial charge on any atom is 0.210 e. The summed E-state index contributed by atoms with van der Waals surface area (Å²) in [7, 11) is 0. The maximum absolute atomic E-state index is 12.4. The first-order chi connectivity index (χ1) is 14.5. The number of carbonyl (C=O) groups is 1. The van der Waals surface area contributed by atoms with E-state index in [4.69, 9.17) is 0 Å². The van der Waals surface area contributed by atoms with Crippen molar-refractivity contribution in [2.45, 2.75) is 20.3 Å². The molecule has 6 nitrogen and oxygen atoms in total. The normalized spacial score (nSPS) is 11.6. The van der Waals surface area contributed by atoms with Crippen molar-refractivity contribution in [3.63, 3.8) is 0 Å². The van der Waals surface area contributed by atoms with Gasteiger partial charge in [-0.3, -0.25) is 9.89 Å². The van der Waals surface area contributed by atoms with Gasteiger partial charge in [0.15, 0.2) is 5.78 Å². The molecule has 150 valence electrons. The second-order valence-corrected chi connectivity index (χ2v) is 9.66. The van der Waals surface area contributed by atoms with Crippen molar-refractivity contribution in [1.82, 2.24) is 20.4 Å². The number of benzene rings is 2. The van der Waals surface area contributed by atoms with Crippen LogP contribution in [-0.4, -0.2) is 26.2 Å². The van der Waals surface area contributed by atoms with Crippen LogP contribution in [0.5, 0.6) is 0 Å². The number of hydrogen-bond acceptors (Lipinski definition) is 7. The van der Waals surface area contributed by atoms with Gasteiger partial charge < -0.3 is 5.32 Å². The molecule has 5 rings (SSSR count). The number of anilines is 2. The van der Waals surface area contributed by atoms with E-state index in [0.29, 0.717) is 12.3 Å². The molecule has 3 heterocycles. The molecule has 0 saturated heterocycles. The SMILES string of the molecule is CC(C)CC(=O)c1cc2ccc(-c3nnc(Nc4ccc5[nH]ncc5c4)s3)cc2s1. The van der Waals surface area contributed by atoms with Crippen molar-refractivity contribution in [3.8, 4) is 10.6 Å². The van der Waals surface area contributed by atoms with E-state index in [2.05, 4.69) is 51.7 Å². The van der Waals surface area contributed by atoms with E-state index in [1.807, 2.05) is 30.3 Å². The van der Waals surface area contributed by atoms with Crippen LogP contribution in [0.1, 0.15) is 29.9 Å². The lowest BCUT2D eigenvalue weighted by atomic mass is 10.1. The Morgan fingerprint density at radius 1 is 1.07 bits per heavy atom. The van der Waals surface area contributed by atoms with Gasteiger partial charge in [0.2, 0.25) is 5.13 Å². The first-order valence-corrected chi connectivity index (χ1v) is 11.3. The standard InChI is InChI=1S/C22H19N5OS2/c1-12(2)7-18(28)20-9-13-3-4-14(10-19(13)29-20)21-26-27-22(30-21)24-16-5-6-17-15(8-16)11-23-25-17/h3-6,8-12H,7H2,1-2H3,(H,23,25)(H,24,27). The lowest BCUT2D eigenvalue weighted by Crippen LogP contribution is -2.00. The zero-order chi connectivity index (χ0) is 20.7. The lowest BCUT2D eigenvalue weighted by Gasteiger charge is -2.01. The van der Waals surface area contributed by atoms with Crippen LogP contribution in [-0.2, 0) is 0 Å². The van der Waals surface area contributed by atoms with Gasteiger partial charge in [0.25, 0.3) is 0 Å². The van der Waals surface area contributed by atoms with Crippen molar-refractivity contribution in [2.24, 2.45) is 5.92 Å². The Labute approximate surface area is 181 Å². The van der Waals surface area contributed by atoms with E-state index in [1.54, 1.807) is 17.5 Å². The van der Waals surface area contributed by atoms with E-state index in [1.165, 1.54) is 11.3 Å². The van der Waals surface area contributed by atoms with Gasteiger partial charge in [0, 0.05) is 27.8 Å². The molecule has 0 saturated carbocycles. The number of ketones is 1. The van der Waals surface area contributed by atoms with Gasteiger partial charge in [-0.2, -0.15) is 5.10 Å². The molecule has 8 heteroatoms. The Balaban J connectivity index is 1.38. The van der Waals surface area contributed by atoms with Crippen LogP contribution in [0, 0.1) is 5.92 Å². The molecule has 0 unspecified atom stereocenters. The Bertz CT molecular complexity index is 1360. The van der Waals surface area contributed by atoms with Gasteiger partial charge in [-0.1, -0.05) is 37.3 Å². The van der Waals surface area contributed by atoms with Gasteiger partial charge in [0.05, 0.1) is 16.6 Å². The molecule has 2 N–H and O–H groups in total. The summed E-state index contributed by atoms with van der Waals surface area (Å²) in [6, 6.07) is 14.2. The predicted molar refractivity (Wildman–Crippen MR) is 124 cm³/mol. The zero-order valence-corrected chi connectivity index (χ0v) is 18.1. The summed E-state index contributed by atoms with van der Waals surface area (Å²) in [5.74, 6) is 0.574. The van der Waals surface area contributed by atoms with E-state index < -0.39 is 0 Å². The molecule has 0 fully saturated rings. The zero-order valence-electron chi connectivity index (χ0n) is 16.5. The van der Waals surface area contributed by atoms with Crippen LogP contribution in [0.2, 0.25) is 0 Å². The second kappa shape index (κ2) is 7.62. The molecule has 0 bridgehead atoms. The van der Waals surface area contributed by atoms with Gasteiger partial charge in [-0.15, -0.1) is 21.5 Å². The predicted octanol–water partition coefficient (Wildman–Crippen LogP) is 6.27. The van der Waals surface area contributed by atoms with Crippen molar-refractivity contribution in [2.75, 3.05) is 5.32 Å². The van der Waals surface area contributed by atoms with Crippen molar-refractivity contribution in [1.29, 1.82) is 0 Å². The van der Waals surface area contributed by atoms with Crippen LogP contribution in [0.25, 0.3) is 31.6 Å². The second-order valence-electron chi connectivity index (χ2n) is 7.59. The number of nitrogens with one attached hydrogen (secondary N) is 2. The third-order valence-corrected chi connectivity index (χ3v) is 6.78. The Morgan fingerprint density at radius 3 is 2.83 bits per heavy atom. The minimum absolute atomic E-state index is 0.213. The number of aromatic amines is 1. The number of thiophene rings is 1. The van der Waals surface area contributed by atoms with E-state index in [9.17, 15) is 4.79 Å². The molecular formula is C22H19N5OS2. The van der Waals surface area contributed by atoms with Crippen molar-refractivity contribution in [3.05, 3.63) is 53.5 Å². The first-order valence-electron chi connectivity index (χ1n) is 9.66. The highest BCUT2D eigenvalue weighted by Crippen LogP contribution is 2.34. The maximum atomic E-state index is 12.4. The molecule has 5 aromatic rings. The highest BCUT2D eigenvalue weighted by molar-refractivity contribution is 7.21. The summed E-state index contributed by atoms with van der Waals surface area (Å²) in [5.41, 5.74) is 2.94. The van der Waals surface area contributed by atoms with Crippen molar-refractivity contribution < 1.29 is 4.79 Å². The van der Waals surface area contributed by atoms with Crippen molar-refractivity contribution >= 4 is 60.3 Å². The van der Waals surface area contributed by atoms with Gasteiger partial charge in [0.1, 0.15) is 5.01 Å². The molecule has 0 spiro atoms. The van der Waals surface area contributed by atoms with E-state index in [0.717, 1.165) is 47.3 Å². The van der Waals surface area contributed by atoms with Crippen LogP contribution >= 0.6 is 22.7 Å². The molecule has 0 aliphatic heterocycles. The topological polar surface area (TPSA) is 83.6 Å². The Kier molecular flexibility index (Phi) is 4.80. The van der Waals surface area contributed by atoms with Crippen LogP contribution < -0.4 is 5.32 Å². The number of H-pyrrole nitrogens is 1. The fraction of sp³-hybridized carbons (Fsp3) is 0.182. The summed E-state index contributed by atoms with van der Waals surface area (Å²) >= 11 is 3.05. The number of Topliss-reactive ketones (excluding diaryl/α,β-unsaturated/α-hetero) is 1. The quantitative estimate of drug-likeness (QED) is 0.308. The molecule has 2 aromatic carbocycles. The third-order valence-electron chi connectivity index (χ3n) is 4.75.